The van der Waals surface area contributed by atoms with Gasteiger partial charge in [-0.25, -0.2) is 9.78 Å². The summed E-state index contributed by atoms with van der Waals surface area (Å²) in [5, 5.41) is 0.230. The van der Waals surface area contributed by atoms with Gasteiger partial charge >= 0.3 is 5.69 Å². The van der Waals surface area contributed by atoms with Gasteiger partial charge in [-0.15, -0.1) is 0 Å². The van der Waals surface area contributed by atoms with Crippen LogP contribution in [-0.4, -0.2) is 38.0 Å². The molecule has 0 unspecified atom stereocenters. The minimum Gasteiger partial charge on any atom is -0.334 e. The molecule has 2 aromatic heterocycles. The normalized spacial score (nSPS) is 11.0. The zero-order chi connectivity index (χ0) is 20.3. The number of carbonyl (C=O) groups is 1. The second-order valence-corrected chi connectivity index (χ2v) is 6.66. The topological polar surface area (TPSA) is 103 Å². The van der Waals surface area contributed by atoms with E-state index < -0.39 is 11.2 Å². The number of rotatable bonds is 6. The van der Waals surface area contributed by atoms with Crippen LogP contribution in [0.2, 0.25) is 0 Å². The van der Waals surface area contributed by atoms with Crippen molar-refractivity contribution in [3.63, 3.8) is 0 Å². The van der Waals surface area contributed by atoms with E-state index in [9.17, 15) is 14.4 Å². The van der Waals surface area contributed by atoms with E-state index in [1.807, 2.05) is 30.3 Å². The van der Waals surface area contributed by atoms with E-state index in [1.54, 1.807) is 11.9 Å². The highest BCUT2D eigenvalue weighted by atomic mass is 16.2. The van der Waals surface area contributed by atoms with Crippen molar-refractivity contribution in [3.05, 3.63) is 74.6 Å². The van der Waals surface area contributed by atoms with Crippen LogP contribution < -0.4 is 17.0 Å². The molecule has 0 aliphatic rings. The highest BCUT2D eigenvalue weighted by Gasteiger charge is 2.19. The number of aromatic nitrogens is 3. The summed E-state index contributed by atoms with van der Waals surface area (Å²) in [6.07, 6.45) is 2.07. The number of nitrogens with zero attached hydrogens (tertiary/aromatic N) is 4. The molecule has 0 spiro atoms. The van der Waals surface area contributed by atoms with Crippen LogP contribution in [0.5, 0.6) is 0 Å². The first kappa shape index (κ1) is 19.5. The highest BCUT2D eigenvalue weighted by Crippen LogP contribution is 2.13. The summed E-state index contributed by atoms with van der Waals surface area (Å²) < 4.78 is 2.30. The molecule has 8 nitrogen and oxygen atoms in total. The summed E-state index contributed by atoms with van der Waals surface area (Å²) in [6.45, 7) is 1.40. The Morgan fingerprint density at radius 1 is 1.14 bits per heavy atom. The Bertz CT molecular complexity index is 1120. The largest absolute Gasteiger partial charge is 0.334 e. The van der Waals surface area contributed by atoms with Gasteiger partial charge in [-0.1, -0.05) is 30.3 Å². The molecule has 0 aliphatic carbocycles. The highest BCUT2D eigenvalue weighted by molar-refractivity contribution is 5.96. The van der Waals surface area contributed by atoms with E-state index in [2.05, 4.69) is 4.98 Å². The Labute approximate surface area is 161 Å². The van der Waals surface area contributed by atoms with Crippen molar-refractivity contribution in [1.29, 1.82) is 0 Å². The number of benzene rings is 1. The molecule has 146 valence electrons. The number of pyridine rings is 1. The lowest BCUT2D eigenvalue weighted by Crippen LogP contribution is -2.37. The molecule has 3 aromatic rings. The molecule has 1 aromatic carbocycles. The van der Waals surface area contributed by atoms with E-state index in [4.69, 9.17) is 5.73 Å². The van der Waals surface area contributed by atoms with Crippen LogP contribution in [0.25, 0.3) is 11.0 Å². The number of fused-ring (bicyclic) bond motifs is 1. The van der Waals surface area contributed by atoms with Crippen molar-refractivity contribution >= 4 is 16.9 Å². The fourth-order valence-corrected chi connectivity index (χ4v) is 3.10. The lowest BCUT2D eigenvalue weighted by molar-refractivity contribution is 0.0742. The molecule has 0 saturated heterocycles. The first-order valence-electron chi connectivity index (χ1n) is 9.03. The minimum absolute atomic E-state index is 0.230. The van der Waals surface area contributed by atoms with Crippen LogP contribution >= 0.6 is 0 Å². The van der Waals surface area contributed by atoms with Crippen LogP contribution in [0.15, 0.2) is 52.2 Å². The molecule has 3 rings (SSSR count). The number of aryl methyl sites for hydroxylation is 1. The van der Waals surface area contributed by atoms with Crippen LogP contribution in [0, 0.1) is 0 Å². The maximum atomic E-state index is 13.1. The molecule has 28 heavy (non-hydrogen) atoms. The molecule has 1 amide bonds. The third-order valence-corrected chi connectivity index (χ3v) is 4.68. The van der Waals surface area contributed by atoms with E-state index in [0.29, 0.717) is 31.6 Å². The van der Waals surface area contributed by atoms with Gasteiger partial charge in [-0.2, -0.15) is 0 Å². The summed E-state index contributed by atoms with van der Waals surface area (Å²) in [6, 6.07) is 11.2. The third-order valence-electron chi connectivity index (χ3n) is 4.68. The van der Waals surface area contributed by atoms with Gasteiger partial charge in [0.25, 0.3) is 11.5 Å². The Morgan fingerprint density at radius 3 is 2.54 bits per heavy atom. The number of carbonyl (C=O) groups excluding carboxylic acids is 1. The zero-order valence-electron chi connectivity index (χ0n) is 16.0. The molecule has 2 N–H and O–H groups in total. The van der Waals surface area contributed by atoms with Crippen LogP contribution in [-0.2, 0) is 20.6 Å². The molecule has 0 atom stereocenters. The minimum atomic E-state index is -0.475. The van der Waals surface area contributed by atoms with Crippen molar-refractivity contribution in [1.82, 2.24) is 19.0 Å². The van der Waals surface area contributed by atoms with Gasteiger partial charge in [0, 0.05) is 33.4 Å². The second-order valence-electron chi connectivity index (χ2n) is 6.66. The lowest BCUT2D eigenvalue weighted by Gasteiger charge is -2.23. The second kappa shape index (κ2) is 8.18. The third kappa shape index (κ3) is 3.72. The Balaban J connectivity index is 2.01. The predicted molar refractivity (Wildman–Crippen MR) is 107 cm³/mol. The first-order chi connectivity index (χ1) is 13.4. The molecule has 0 saturated carbocycles. The van der Waals surface area contributed by atoms with E-state index >= 15 is 0 Å². The molecule has 0 radical (unpaired) electrons. The van der Waals surface area contributed by atoms with Crippen molar-refractivity contribution in [3.8, 4) is 0 Å². The van der Waals surface area contributed by atoms with Crippen LogP contribution in [0.3, 0.4) is 0 Å². The number of nitrogens with two attached hydrogens (primary N) is 1. The van der Waals surface area contributed by atoms with Gasteiger partial charge in [0.2, 0.25) is 0 Å². The first-order valence-corrected chi connectivity index (χ1v) is 9.03. The Morgan fingerprint density at radius 2 is 1.86 bits per heavy atom. The molecular formula is C20H23N5O3. The maximum absolute atomic E-state index is 13.1. The Kier molecular flexibility index (Phi) is 5.70. The lowest BCUT2D eigenvalue weighted by atomic mass is 10.1. The monoisotopic (exact) mass is 381 g/mol. The van der Waals surface area contributed by atoms with Crippen molar-refractivity contribution in [2.75, 3.05) is 13.1 Å². The van der Waals surface area contributed by atoms with Crippen LogP contribution in [0.4, 0.5) is 0 Å². The van der Waals surface area contributed by atoms with Gasteiger partial charge in [0.15, 0.2) is 0 Å². The van der Waals surface area contributed by atoms with E-state index in [-0.39, 0.29) is 16.9 Å². The SMILES string of the molecule is Cn1c(=O)c2cc(C(=O)N(CCCN)Cc3ccccc3)cnc2n(C)c1=O. The maximum Gasteiger partial charge on any atom is 0.332 e. The van der Waals surface area contributed by atoms with E-state index in [1.165, 1.54) is 23.9 Å². The molecule has 8 heteroatoms. The molecule has 2 heterocycles. The van der Waals surface area contributed by atoms with Crippen molar-refractivity contribution in [2.45, 2.75) is 13.0 Å². The molecular weight excluding hydrogens is 358 g/mol. The predicted octanol–water partition coefficient (Wildman–Crippen LogP) is 0.623. The van der Waals surface area contributed by atoms with Gasteiger partial charge in [-0.3, -0.25) is 18.7 Å². The fourth-order valence-electron chi connectivity index (χ4n) is 3.10. The van der Waals surface area contributed by atoms with Crippen molar-refractivity contribution < 1.29 is 4.79 Å². The van der Waals surface area contributed by atoms with Crippen LogP contribution in [0.1, 0.15) is 22.3 Å². The smallest absolute Gasteiger partial charge is 0.332 e. The number of hydrogen-bond acceptors (Lipinski definition) is 5. The number of amides is 1. The van der Waals surface area contributed by atoms with Gasteiger partial charge in [0.1, 0.15) is 5.65 Å². The average Bonchev–Trinajstić information content (AvgIpc) is 2.73. The molecule has 0 aliphatic heterocycles. The summed E-state index contributed by atoms with van der Waals surface area (Å²) in [5.41, 5.74) is 6.24. The quantitative estimate of drug-likeness (QED) is 0.674. The van der Waals surface area contributed by atoms with Gasteiger partial charge < -0.3 is 10.6 Å². The summed E-state index contributed by atoms with van der Waals surface area (Å²) in [5.74, 6) is -0.234. The summed E-state index contributed by atoms with van der Waals surface area (Å²) >= 11 is 0. The van der Waals surface area contributed by atoms with E-state index in [0.717, 1.165) is 10.1 Å². The summed E-state index contributed by atoms with van der Waals surface area (Å²) in [4.78, 5) is 43.5. The fraction of sp³-hybridized carbons (Fsp3) is 0.300. The Hall–Kier alpha value is -3.26. The molecule has 0 fully saturated rings. The molecule has 0 bridgehead atoms. The van der Waals surface area contributed by atoms with Gasteiger partial charge in [-0.05, 0) is 24.6 Å². The van der Waals surface area contributed by atoms with Gasteiger partial charge in [0.05, 0.1) is 10.9 Å². The summed E-state index contributed by atoms with van der Waals surface area (Å²) in [7, 11) is 2.95. The zero-order valence-corrected chi connectivity index (χ0v) is 16.0. The average molecular weight is 381 g/mol. The standard InChI is InChI=1S/C20H23N5O3/c1-23-17-16(19(27)24(2)20(23)28)11-15(12-22-17)18(26)25(10-6-9-21)13-14-7-4-3-5-8-14/h3-5,7-8,11-12H,6,9-10,13,21H2,1-2H3. The number of hydrogen-bond donors (Lipinski definition) is 1. The van der Waals surface area contributed by atoms with Crippen molar-refractivity contribution in [2.24, 2.45) is 19.8 Å².